The summed E-state index contributed by atoms with van der Waals surface area (Å²) in [6.45, 7) is 3.73. The van der Waals surface area contributed by atoms with Gasteiger partial charge >= 0.3 is 0 Å². The molecule has 22 heavy (non-hydrogen) atoms. The van der Waals surface area contributed by atoms with E-state index in [1.165, 1.54) is 29.0 Å². The van der Waals surface area contributed by atoms with Crippen LogP contribution in [-0.2, 0) is 0 Å². The number of carbonyl (C=O) groups excluding carboxylic acids is 1. The first kappa shape index (κ1) is 15.5. The molecule has 1 heterocycles. The second kappa shape index (κ2) is 6.71. The predicted octanol–water partition coefficient (Wildman–Crippen LogP) is 1.90. The maximum absolute atomic E-state index is 12.1. The molecule has 0 aliphatic rings. The van der Waals surface area contributed by atoms with Crippen LogP contribution in [0.5, 0.6) is 5.75 Å². The molecule has 0 aliphatic carbocycles. The monoisotopic (exact) mass is 299 g/mol. The highest BCUT2D eigenvalue weighted by atomic mass is 16.3. The quantitative estimate of drug-likeness (QED) is 0.668. The molecule has 2 aromatic rings. The van der Waals surface area contributed by atoms with Gasteiger partial charge in [0.2, 0.25) is 0 Å². The van der Waals surface area contributed by atoms with Crippen molar-refractivity contribution < 1.29 is 9.90 Å². The molecule has 114 valence electrons. The van der Waals surface area contributed by atoms with E-state index in [-0.39, 0.29) is 22.9 Å². The fourth-order valence-electron chi connectivity index (χ4n) is 1.88. The largest absolute Gasteiger partial charge is 0.508 e. The summed E-state index contributed by atoms with van der Waals surface area (Å²) in [5.74, 6) is -0.408. The molecule has 0 radical (unpaired) electrons. The third kappa shape index (κ3) is 3.60. The van der Waals surface area contributed by atoms with Gasteiger partial charge in [0, 0.05) is 12.2 Å². The Kier molecular flexibility index (Phi) is 4.73. The molecule has 0 aliphatic heterocycles. The van der Waals surface area contributed by atoms with E-state index in [9.17, 15) is 9.59 Å². The van der Waals surface area contributed by atoms with Crippen molar-refractivity contribution >= 4 is 12.1 Å². The minimum absolute atomic E-state index is 0.0271. The van der Waals surface area contributed by atoms with Gasteiger partial charge in [0.1, 0.15) is 11.3 Å². The predicted molar refractivity (Wildman–Crippen MR) is 84.3 cm³/mol. The number of phenolic OH excluding ortho intramolecular Hbond substituents is 1. The topological polar surface area (TPSA) is 83.7 Å². The van der Waals surface area contributed by atoms with Crippen molar-refractivity contribution in [3.8, 4) is 5.75 Å². The summed E-state index contributed by atoms with van der Waals surface area (Å²) in [5, 5.41) is 13.0. The number of aromatic nitrogens is 1. The van der Waals surface area contributed by atoms with Crippen LogP contribution in [0.2, 0.25) is 0 Å². The second-order valence-electron chi connectivity index (χ2n) is 5.02. The molecule has 0 saturated heterocycles. The standard InChI is InChI=1S/C16H17N3O3/c1-11(2)19-9-3-4-14(16(19)22)15(21)18-17-10-12-5-7-13(20)8-6-12/h3-11,20H,1-2H3,(H,18,21)/b17-10-. The van der Waals surface area contributed by atoms with E-state index in [1.54, 1.807) is 24.4 Å². The van der Waals surface area contributed by atoms with Gasteiger partial charge in [-0.05, 0) is 55.8 Å². The molecule has 1 amide bonds. The summed E-state index contributed by atoms with van der Waals surface area (Å²) in [6, 6.07) is 9.43. The van der Waals surface area contributed by atoms with Crippen molar-refractivity contribution in [2.75, 3.05) is 0 Å². The Morgan fingerprint density at radius 1 is 1.27 bits per heavy atom. The minimum Gasteiger partial charge on any atom is -0.508 e. The molecule has 2 rings (SSSR count). The summed E-state index contributed by atoms with van der Waals surface area (Å²) in [6.07, 6.45) is 3.07. The highest BCUT2D eigenvalue weighted by molar-refractivity contribution is 5.94. The van der Waals surface area contributed by atoms with Gasteiger partial charge in [-0.15, -0.1) is 0 Å². The maximum atomic E-state index is 12.1. The van der Waals surface area contributed by atoms with E-state index >= 15 is 0 Å². The Balaban J connectivity index is 2.11. The number of phenols is 1. The van der Waals surface area contributed by atoms with E-state index in [4.69, 9.17) is 5.11 Å². The Bertz CT molecular complexity index is 746. The first-order chi connectivity index (χ1) is 10.5. The summed E-state index contributed by atoms with van der Waals surface area (Å²) in [4.78, 5) is 24.2. The lowest BCUT2D eigenvalue weighted by atomic mass is 10.2. The zero-order valence-corrected chi connectivity index (χ0v) is 12.4. The third-order valence-corrected chi connectivity index (χ3v) is 3.05. The number of carbonyl (C=O) groups is 1. The fraction of sp³-hybridized carbons (Fsp3) is 0.188. The summed E-state index contributed by atoms with van der Waals surface area (Å²) < 4.78 is 1.48. The first-order valence-corrected chi connectivity index (χ1v) is 6.82. The Morgan fingerprint density at radius 3 is 2.59 bits per heavy atom. The van der Waals surface area contributed by atoms with Crippen LogP contribution in [0, 0.1) is 0 Å². The normalized spacial score (nSPS) is 11.0. The number of aromatic hydroxyl groups is 1. The van der Waals surface area contributed by atoms with Crippen LogP contribution in [0.15, 0.2) is 52.5 Å². The number of hydrogen-bond acceptors (Lipinski definition) is 4. The number of pyridine rings is 1. The summed E-state index contributed by atoms with van der Waals surface area (Å²) >= 11 is 0. The zero-order valence-electron chi connectivity index (χ0n) is 12.4. The summed E-state index contributed by atoms with van der Waals surface area (Å²) in [5.41, 5.74) is 2.73. The number of rotatable bonds is 4. The molecular formula is C16H17N3O3. The molecule has 6 nitrogen and oxygen atoms in total. The molecule has 2 N–H and O–H groups in total. The number of amides is 1. The minimum atomic E-state index is -0.560. The molecule has 0 fully saturated rings. The molecular weight excluding hydrogens is 282 g/mol. The lowest BCUT2D eigenvalue weighted by molar-refractivity contribution is 0.0953. The van der Waals surface area contributed by atoms with Gasteiger partial charge in [-0.2, -0.15) is 5.10 Å². The van der Waals surface area contributed by atoms with Crippen LogP contribution in [0.4, 0.5) is 0 Å². The Morgan fingerprint density at radius 2 is 1.95 bits per heavy atom. The first-order valence-electron chi connectivity index (χ1n) is 6.82. The number of nitrogens with one attached hydrogen (secondary N) is 1. The van der Waals surface area contributed by atoms with Gasteiger partial charge in [0.15, 0.2) is 0 Å². The average Bonchev–Trinajstić information content (AvgIpc) is 2.49. The van der Waals surface area contributed by atoms with Crippen LogP contribution in [-0.4, -0.2) is 21.8 Å². The van der Waals surface area contributed by atoms with Gasteiger partial charge < -0.3 is 9.67 Å². The molecule has 0 bridgehead atoms. The lowest BCUT2D eigenvalue weighted by Gasteiger charge is -2.10. The number of nitrogens with zero attached hydrogens (tertiary/aromatic N) is 2. The molecule has 0 unspecified atom stereocenters. The molecule has 0 spiro atoms. The van der Waals surface area contributed by atoms with Crippen LogP contribution in [0.25, 0.3) is 0 Å². The lowest BCUT2D eigenvalue weighted by Crippen LogP contribution is -2.31. The van der Waals surface area contributed by atoms with Gasteiger partial charge in [0.25, 0.3) is 11.5 Å². The van der Waals surface area contributed by atoms with Crippen molar-refractivity contribution in [2.24, 2.45) is 5.10 Å². The number of benzene rings is 1. The molecule has 6 heteroatoms. The second-order valence-corrected chi connectivity index (χ2v) is 5.02. The fourth-order valence-corrected chi connectivity index (χ4v) is 1.88. The van der Waals surface area contributed by atoms with Crippen LogP contribution in [0.3, 0.4) is 0 Å². The van der Waals surface area contributed by atoms with Crippen LogP contribution < -0.4 is 11.0 Å². The van der Waals surface area contributed by atoms with Gasteiger partial charge in [-0.3, -0.25) is 9.59 Å². The Hall–Kier alpha value is -2.89. The van der Waals surface area contributed by atoms with E-state index in [2.05, 4.69) is 10.5 Å². The third-order valence-electron chi connectivity index (χ3n) is 3.05. The van der Waals surface area contributed by atoms with Crippen molar-refractivity contribution in [3.63, 3.8) is 0 Å². The van der Waals surface area contributed by atoms with Gasteiger partial charge in [0.05, 0.1) is 6.21 Å². The van der Waals surface area contributed by atoms with E-state index in [1.807, 2.05) is 13.8 Å². The highest BCUT2D eigenvalue weighted by Gasteiger charge is 2.12. The van der Waals surface area contributed by atoms with Crippen LogP contribution in [0.1, 0.15) is 35.8 Å². The van der Waals surface area contributed by atoms with Crippen molar-refractivity contribution in [2.45, 2.75) is 19.9 Å². The molecule has 0 atom stereocenters. The SMILES string of the molecule is CC(C)n1cccc(C(=O)N/N=C\c2ccc(O)cc2)c1=O. The van der Waals surface area contributed by atoms with E-state index in [0.29, 0.717) is 5.56 Å². The maximum Gasteiger partial charge on any atom is 0.276 e. The summed E-state index contributed by atoms with van der Waals surface area (Å²) in [7, 11) is 0. The van der Waals surface area contributed by atoms with Gasteiger partial charge in [-0.25, -0.2) is 5.43 Å². The molecule has 0 saturated carbocycles. The van der Waals surface area contributed by atoms with E-state index in [0.717, 1.165) is 0 Å². The molecule has 1 aromatic heterocycles. The smallest absolute Gasteiger partial charge is 0.276 e. The van der Waals surface area contributed by atoms with Crippen molar-refractivity contribution in [1.82, 2.24) is 9.99 Å². The molecule has 1 aromatic carbocycles. The van der Waals surface area contributed by atoms with Crippen molar-refractivity contribution in [3.05, 3.63) is 64.1 Å². The Labute approximate surface area is 127 Å². The van der Waals surface area contributed by atoms with Crippen LogP contribution >= 0.6 is 0 Å². The zero-order chi connectivity index (χ0) is 16.1. The van der Waals surface area contributed by atoms with E-state index < -0.39 is 5.91 Å². The number of hydrazone groups is 1. The highest BCUT2D eigenvalue weighted by Crippen LogP contribution is 2.07. The average molecular weight is 299 g/mol. The van der Waals surface area contributed by atoms with Gasteiger partial charge in [-0.1, -0.05) is 0 Å². The number of hydrogen-bond donors (Lipinski definition) is 2. The van der Waals surface area contributed by atoms with Crippen molar-refractivity contribution in [1.29, 1.82) is 0 Å².